The van der Waals surface area contributed by atoms with E-state index in [1.807, 2.05) is 0 Å². The van der Waals surface area contributed by atoms with E-state index < -0.39 is 97.5 Å². The zero-order valence-electron chi connectivity index (χ0n) is 70.6. The van der Waals surface area contributed by atoms with Crippen LogP contribution in [0, 0.1) is 17.8 Å². The number of rotatable bonds is 86. The molecule has 0 saturated carbocycles. The molecule has 636 valence electrons. The van der Waals surface area contributed by atoms with E-state index in [1.165, 1.54) is 270 Å². The summed E-state index contributed by atoms with van der Waals surface area (Å²) in [6, 6.07) is 0. The summed E-state index contributed by atoms with van der Waals surface area (Å²) in [5, 5.41) is 10.7. The average molecular weight is 1560 g/mol. The van der Waals surface area contributed by atoms with E-state index in [0.717, 1.165) is 108 Å². The molecule has 0 aromatic rings. The van der Waals surface area contributed by atoms with Gasteiger partial charge >= 0.3 is 39.5 Å². The van der Waals surface area contributed by atoms with Crippen LogP contribution < -0.4 is 0 Å². The SMILES string of the molecule is CCCCCCCCCCCCCCCCCCCCCCC(=O)O[C@H](COC(=O)CCCCCCCCCCCCCCCCCCC(C)C)COP(=O)(O)OC[C@@H](O)COP(=O)(O)OC[C@@H](COC(=O)CCCCCCCCCC(C)C)OC(=O)CCCCCCCCCCCCCCCCCC(C)C. The second kappa shape index (κ2) is 78.0. The average Bonchev–Trinajstić information content (AvgIpc) is 0.901. The fourth-order valence-corrected chi connectivity index (χ4v) is 15.3. The number of aliphatic hydroxyl groups excluding tert-OH is 1. The van der Waals surface area contributed by atoms with E-state index in [-0.39, 0.29) is 25.7 Å². The summed E-state index contributed by atoms with van der Waals surface area (Å²) in [5.41, 5.74) is 0. The van der Waals surface area contributed by atoms with Gasteiger partial charge in [0.2, 0.25) is 0 Å². The van der Waals surface area contributed by atoms with E-state index >= 15 is 0 Å². The maximum atomic E-state index is 13.2. The predicted molar refractivity (Wildman–Crippen MR) is 441 cm³/mol. The fourth-order valence-electron chi connectivity index (χ4n) is 13.7. The molecule has 0 aliphatic carbocycles. The van der Waals surface area contributed by atoms with E-state index in [0.29, 0.717) is 31.6 Å². The number of hydrogen-bond donors (Lipinski definition) is 3. The Balaban J connectivity index is 5.23. The number of carbonyl (C=O) groups is 4. The summed E-state index contributed by atoms with van der Waals surface area (Å²) in [4.78, 5) is 73.3. The highest BCUT2D eigenvalue weighted by molar-refractivity contribution is 7.47. The lowest BCUT2D eigenvalue weighted by Gasteiger charge is -2.21. The number of phosphoric acid groups is 2. The van der Waals surface area contributed by atoms with Crippen molar-refractivity contribution in [2.75, 3.05) is 39.6 Å². The van der Waals surface area contributed by atoms with Crippen LogP contribution in [0.3, 0.4) is 0 Å². The molecule has 0 bridgehead atoms. The second-order valence-electron chi connectivity index (χ2n) is 33.1. The first-order valence-electron chi connectivity index (χ1n) is 45.3. The Morgan fingerprint density at radius 1 is 0.252 bits per heavy atom. The Morgan fingerprint density at radius 2 is 0.430 bits per heavy atom. The molecule has 0 aliphatic heterocycles. The molecule has 0 heterocycles. The van der Waals surface area contributed by atoms with Gasteiger partial charge in [0.15, 0.2) is 12.2 Å². The number of aliphatic hydroxyl groups is 1. The minimum absolute atomic E-state index is 0.107. The van der Waals surface area contributed by atoms with Gasteiger partial charge in [-0.1, -0.05) is 414 Å². The molecule has 0 fully saturated rings. The van der Waals surface area contributed by atoms with Crippen LogP contribution in [-0.4, -0.2) is 96.7 Å². The van der Waals surface area contributed by atoms with Gasteiger partial charge in [0, 0.05) is 25.7 Å². The van der Waals surface area contributed by atoms with Crippen molar-refractivity contribution in [2.24, 2.45) is 17.8 Å². The van der Waals surface area contributed by atoms with Crippen molar-refractivity contribution in [3.63, 3.8) is 0 Å². The van der Waals surface area contributed by atoms with Gasteiger partial charge in [-0.3, -0.25) is 37.3 Å². The molecule has 107 heavy (non-hydrogen) atoms. The maximum absolute atomic E-state index is 13.2. The summed E-state index contributed by atoms with van der Waals surface area (Å²) < 4.78 is 68.9. The number of ether oxygens (including phenoxy) is 4. The molecule has 17 nitrogen and oxygen atoms in total. The van der Waals surface area contributed by atoms with Gasteiger partial charge < -0.3 is 33.8 Å². The van der Waals surface area contributed by atoms with Crippen molar-refractivity contribution in [2.45, 2.75) is 484 Å². The van der Waals surface area contributed by atoms with E-state index in [1.54, 1.807) is 0 Å². The number of unbranched alkanes of at least 4 members (excludes halogenated alkanes) is 54. The van der Waals surface area contributed by atoms with Crippen LogP contribution in [0.2, 0.25) is 0 Å². The van der Waals surface area contributed by atoms with Crippen molar-refractivity contribution in [1.82, 2.24) is 0 Å². The van der Waals surface area contributed by atoms with Gasteiger partial charge in [-0.05, 0) is 43.4 Å². The lowest BCUT2D eigenvalue weighted by molar-refractivity contribution is -0.161. The van der Waals surface area contributed by atoms with Gasteiger partial charge in [-0.15, -0.1) is 0 Å². The molecule has 2 unspecified atom stereocenters. The normalized spacial score (nSPS) is 13.8. The summed E-state index contributed by atoms with van der Waals surface area (Å²) in [6.07, 6.45) is 69.6. The van der Waals surface area contributed by atoms with Gasteiger partial charge in [-0.2, -0.15) is 0 Å². The van der Waals surface area contributed by atoms with Crippen molar-refractivity contribution < 1.29 is 80.2 Å². The minimum Gasteiger partial charge on any atom is -0.462 e. The summed E-state index contributed by atoms with van der Waals surface area (Å²) >= 11 is 0. The van der Waals surface area contributed by atoms with Crippen molar-refractivity contribution >= 4 is 39.5 Å². The molecule has 5 atom stereocenters. The molecule has 19 heteroatoms. The van der Waals surface area contributed by atoms with Crippen LogP contribution >= 0.6 is 15.6 Å². The number of phosphoric ester groups is 2. The zero-order chi connectivity index (χ0) is 78.6. The first-order chi connectivity index (χ1) is 51.7. The fraction of sp³-hybridized carbons (Fsp3) is 0.955. The first kappa shape index (κ1) is 105. The highest BCUT2D eigenvalue weighted by Gasteiger charge is 2.31. The first-order valence-corrected chi connectivity index (χ1v) is 48.3. The second-order valence-corrected chi connectivity index (χ2v) is 36.0. The van der Waals surface area contributed by atoms with Gasteiger partial charge in [0.05, 0.1) is 26.4 Å². The molecule has 0 aromatic carbocycles. The van der Waals surface area contributed by atoms with Crippen LogP contribution in [0.4, 0.5) is 0 Å². The molecule has 0 spiro atoms. The smallest absolute Gasteiger partial charge is 0.462 e. The van der Waals surface area contributed by atoms with Crippen LogP contribution in [-0.2, 0) is 65.4 Å². The third-order valence-corrected chi connectivity index (χ3v) is 22.5. The standard InChI is InChI=1S/C88H172O17P2/c1-8-9-10-11-12-13-14-15-16-17-18-19-20-27-32-37-42-49-57-64-71-87(92)104-83(75-98-85(90)69-62-55-48-41-36-31-26-22-21-24-29-34-39-45-52-59-66-79(2)3)77-102-106(94,95)100-73-82(89)74-101-107(96,97)103-78-84(76-99-86(91)70-63-56-51-44-47-54-61-68-81(6)7)105-88(93)72-65-58-50-43-38-33-28-23-25-30-35-40-46-53-60-67-80(4)5/h79-84,89H,8-78H2,1-7H3,(H,94,95)(H,96,97)/t82-,83-,84-/m1/s1. The Hall–Kier alpha value is -1.94. The van der Waals surface area contributed by atoms with Gasteiger partial charge in [0.1, 0.15) is 19.3 Å². The van der Waals surface area contributed by atoms with Gasteiger partial charge in [-0.25, -0.2) is 9.13 Å². The molecule has 0 amide bonds. The monoisotopic (exact) mass is 1560 g/mol. The summed E-state index contributed by atoms with van der Waals surface area (Å²) in [5.74, 6) is 0.217. The molecule has 0 radical (unpaired) electrons. The van der Waals surface area contributed by atoms with Crippen molar-refractivity contribution in [1.29, 1.82) is 0 Å². The third kappa shape index (κ3) is 81.9. The Morgan fingerprint density at radius 3 is 0.636 bits per heavy atom. The minimum atomic E-state index is -4.97. The lowest BCUT2D eigenvalue weighted by atomic mass is 10.0. The van der Waals surface area contributed by atoms with E-state index in [2.05, 4.69) is 48.5 Å². The van der Waals surface area contributed by atoms with Crippen LogP contribution in [0.15, 0.2) is 0 Å². The molecule has 0 aromatic heterocycles. The van der Waals surface area contributed by atoms with Crippen LogP contribution in [0.25, 0.3) is 0 Å². The molecular formula is C88H172O17P2. The number of esters is 4. The number of carbonyl (C=O) groups excluding carboxylic acids is 4. The Kier molecular flexibility index (Phi) is 76.6. The number of hydrogen-bond acceptors (Lipinski definition) is 15. The molecule has 3 N–H and O–H groups in total. The van der Waals surface area contributed by atoms with E-state index in [9.17, 15) is 43.2 Å². The molecular weight excluding hydrogens is 1390 g/mol. The summed E-state index contributed by atoms with van der Waals surface area (Å²) in [6.45, 7) is 12.0. The van der Waals surface area contributed by atoms with Crippen LogP contribution in [0.1, 0.15) is 466 Å². The topological polar surface area (TPSA) is 237 Å². The third-order valence-electron chi connectivity index (χ3n) is 20.6. The highest BCUT2D eigenvalue weighted by Crippen LogP contribution is 2.45. The molecule has 0 rings (SSSR count). The Labute approximate surface area is 658 Å². The Bertz CT molecular complexity index is 2060. The lowest BCUT2D eigenvalue weighted by Crippen LogP contribution is -2.30. The molecule has 0 aliphatic rings. The predicted octanol–water partition coefficient (Wildman–Crippen LogP) is 26.9. The highest BCUT2D eigenvalue weighted by atomic mass is 31.2. The zero-order valence-corrected chi connectivity index (χ0v) is 72.4. The maximum Gasteiger partial charge on any atom is 0.472 e. The van der Waals surface area contributed by atoms with Crippen molar-refractivity contribution in [3.05, 3.63) is 0 Å². The van der Waals surface area contributed by atoms with Crippen molar-refractivity contribution in [3.8, 4) is 0 Å². The summed E-state index contributed by atoms with van der Waals surface area (Å²) in [7, 11) is -9.93. The van der Waals surface area contributed by atoms with E-state index in [4.69, 9.17) is 37.0 Å². The quantitative estimate of drug-likeness (QED) is 0.0222. The van der Waals surface area contributed by atoms with Gasteiger partial charge in [0.25, 0.3) is 0 Å². The largest absolute Gasteiger partial charge is 0.472 e. The van der Waals surface area contributed by atoms with Crippen LogP contribution in [0.5, 0.6) is 0 Å². The molecule has 0 saturated heterocycles.